The van der Waals surface area contributed by atoms with Crippen molar-refractivity contribution in [2.45, 2.75) is 26.8 Å². The van der Waals surface area contributed by atoms with E-state index in [1.807, 2.05) is 86.3 Å². The number of aromatic nitrogens is 2. The largest absolute Gasteiger partial charge is 0.455 e. The summed E-state index contributed by atoms with van der Waals surface area (Å²) in [6.07, 6.45) is 3.80. The van der Waals surface area contributed by atoms with Gasteiger partial charge < -0.3 is 14.3 Å². The van der Waals surface area contributed by atoms with Crippen molar-refractivity contribution < 1.29 is 4.42 Å². The Labute approximate surface area is 198 Å². The van der Waals surface area contributed by atoms with Gasteiger partial charge in [0.2, 0.25) is 0 Å². The zero-order chi connectivity index (χ0) is 23.8. The second-order valence-electron chi connectivity index (χ2n) is 8.82. The minimum Gasteiger partial charge on any atom is -0.455 e. The number of nitrogens with one attached hydrogen (secondary N) is 1. The molecule has 5 aromatic rings. The normalized spacial score (nSPS) is 12.1. The highest BCUT2D eigenvalue weighted by Crippen LogP contribution is 2.34. The van der Waals surface area contributed by atoms with Crippen LogP contribution >= 0.6 is 0 Å². The minimum absolute atomic E-state index is 0.00568. The predicted octanol–water partition coefficient (Wildman–Crippen LogP) is 6.65. The Morgan fingerprint density at radius 3 is 2.47 bits per heavy atom. The van der Waals surface area contributed by atoms with Crippen molar-refractivity contribution in [1.82, 2.24) is 9.55 Å². The highest BCUT2D eigenvalue weighted by Gasteiger charge is 2.19. The SMILES string of the molecule is Cc1cc(C(C)Nc2ccccc2-c2cn(C)cn2)c2oc(-c3ccccc3)c(C)c(=O)c2c1. The Balaban J connectivity index is 1.63. The average Bonchev–Trinajstić information content (AvgIpc) is 3.28. The number of benzene rings is 3. The van der Waals surface area contributed by atoms with Gasteiger partial charge in [-0.2, -0.15) is 0 Å². The number of aryl methyl sites for hydroxylation is 2. The third-order valence-electron chi connectivity index (χ3n) is 6.17. The zero-order valence-electron chi connectivity index (χ0n) is 19.8. The lowest BCUT2D eigenvalue weighted by Gasteiger charge is -2.20. The van der Waals surface area contributed by atoms with E-state index in [0.29, 0.717) is 22.3 Å². The van der Waals surface area contributed by atoms with Crippen LogP contribution < -0.4 is 10.7 Å². The van der Waals surface area contributed by atoms with E-state index >= 15 is 0 Å². The predicted molar refractivity (Wildman–Crippen MR) is 138 cm³/mol. The van der Waals surface area contributed by atoms with Crippen molar-refractivity contribution >= 4 is 16.7 Å². The molecule has 3 aromatic carbocycles. The van der Waals surface area contributed by atoms with Crippen LogP contribution in [0.15, 0.2) is 88.5 Å². The molecule has 0 bridgehead atoms. The molecule has 2 heterocycles. The molecule has 0 aliphatic heterocycles. The van der Waals surface area contributed by atoms with Gasteiger partial charge in [-0.05, 0) is 38.5 Å². The maximum absolute atomic E-state index is 13.4. The Morgan fingerprint density at radius 1 is 1.00 bits per heavy atom. The molecule has 0 saturated heterocycles. The summed E-state index contributed by atoms with van der Waals surface area (Å²) in [5.41, 5.74) is 7.01. The first-order valence-electron chi connectivity index (χ1n) is 11.4. The second-order valence-corrected chi connectivity index (χ2v) is 8.82. The van der Waals surface area contributed by atoms with Crippen molar-refractivity contribution in [3.63, 3.8) is 0 Å². The molecular formula is C29H27N3O2. The number of rotatable bonds is 5. The first kappa shape index (κ1) is 21.7. The van der Waals surface area contributed by atoms with Gasteiger partial charge in [0, 0.05) is 41.2 Å². The van der Waals surface area contributed by atoms with Crippen molar-refractivity contribution in [1.29, 1.82) is 0 Å². The quantitative estimate of drug-likeness (QED) is 0.326. The van der Waals surface area contributed by atoms with Gasteiger partial charge >= 0.3 is 0 Å². The van der Waals surface area contributed by atoms with E-state index in [4.69, 9.17) is 4.42 Å². The Morgan fingerprint density at radius 2 is 1.74 bits per heavy atom. The van der Waals surface area contributed by atoms with Crippen LogP contribution in [0.5, 0.6) is 0 Å². The van der Waals surface area contributed by atoms with Crippen LogP contribution in [0, 0.1) is 13.8 Å². The molecule has 34 heavy (non-hydrogen) atoms. The standard InChI is InChI=1S/C29H27N3O2/c1-18-14-23(20(3)31-25-13-9-8-12-22(25)26-16-32(4)17-30-26)29-24(15-18)27(33)19(2)28(34-29)21-10-6-5-7-11-21/h5-17,20,31H,1-4H3. The highest BCUT2D eigenvalue weighted by molar-refractivity contribution is 5.85. The fourth-order valence-corrected chi connectivity index (χ4v) is 4.45. The van der Waals surface area contributed by atoms with Crippen molar-refractivity contribution in [2.75, 3.05) is 5.32 Å². The minimum atomic E-state index is -0.109. The van der Waals surface area contributed by atoms with Gasteiger partial charge in [0.05, 0.1) is 23.4 Å². The molecule has 170 valence electrons. The average molecular weight is 450 g/mol. The number of fused-ring (bicyclic) bond motifs is 1. The second kappa shape index (κ2) is 8.67. The third kappa shape index (κ3) is 3.90. The van der Waals surface area contributed by atoms with E-state index in [-0.39, 0.29) is 11.5 Å². The molecule has 1 N–H and O–H groups in total. The molecule has 2 aromatic heterocycles. The molecule has 0 fully saturated rings. The van der Waals surface area contributed by atoms with Gasteiger partial charge in [-0.25, -0.2) is 4.98 Å². The topological polar surface area (TPSA) is 60.1 Å². The van der Waals surface area contributed by atoms with Gasteiger partial charge in [-0.1, -0.05) is 54.6 Å². The van der Waals surface area contributed by atoms with E-state index in [9.17, 15) is 4.79 Å². The van der Waals surface area contributed by atoms with E-state index in [1.165, 1.54) is 0 Å². The summed E-state index contributed by atoms with van der Waals surface area (Å²) in [5.74, 6) is 0.615. The zero-order valence-corrected chi connectivity index (χ0v) is 19.8. The van der Waals surface area contributed by atoms with Crippen LogP contribution in [-0.2, 0) is 7.05 Å². The molecule has 5 nitrogen and oxygen atoms in total. The summed E-state index contributed by atoms with van der Waals surface area (Å²) in [4.78, 5) is 17.9. The van der Waals surface area contributed by atoms with Crippen LogP contribution in [-0.4, -0.2) is 9.55 Å². The molecule has 5 rings (SSSR count). The molecule has 0 spiro atoms. The summed E-state index contributed by atoms with van der Waals surface area (Å²) in [6.45, 7) is 5.93. The maximum atomic E-state index is 13.4. The van der Waals surface area contributed by atoms with Gasteiger partial charge in [0.1, 0.15) is 11.3 Å². The Kier molecular flexibility index (Phi) is 5.54. The fraction of sp³-hybridized carbons (Fsp3) is 0.172. The molecule has 0 aliphatic carbocycles. The summed E-state index contributed by atoms with van der Waals surface area (Å²) in [6, 6.07) is 21.8. The lowest BCUT2D eigenvalue weighted by Crippen LogP contribution is -2.12. The van der Waals surface area contributed by atoms with Crippen LogP contribution in [0.1, 0.15) is 29.7 Å². The third-order valence-corrected chi connectivity index (χ3v) is 6.17. The monoisotopic (exact) mass is 449 g/mol. The van der Waals surface area contributed by atoms with Crippen LogP contribution in [0.4, 0.5) is 5.69 Å². The fourth-order valence-electron chi connectivity index (χ4n) is 4.45. The van der Waals surface area contributed by atoms with Crippen LogP contribution in [0.2, 0.25) is 0 Å². The first-order chi connectivity index (χ1) is 16.4. The smallest absolute Gasteiger partial charge is 0.196 e. The van der Waals surface area contributed by atoms with Crippen molar-refractivity contribution in [2.24, 2.45) is 7.05 Å². The molecule has 0 saturated carbocycles. The number of anilines is 1. The van der Waals surface area contributed by atoms with Crippen LogP contribution in [0.3, 0.4) is 0 Å². The molecule has 0 aliphatic rings. The van der Waals surface area contributed by atoms with Gasteiger partial charge in [0.15, 0.2) is 5.43 Å². The number of para-hydroxylation sites is 1. The number of nitrogens with zero attached hydrogens (tertiary/aromatic N) is 2. The lowest BCUT2D eigenvalue weighted by molar-refractivity contribution is 0.605. The number of hydrogen-bond acceptors (Lipinski definition) is 4. The molecule has 1 atom stereocenters. The molecule has 5 heteroatoms. The first-order valence-corrected chi connectivity index (χ1v) is 11.4. The van der Waals surface area contributed by atoms with E-state index in [0.717, 1.165) is 33.6 Å². The Hall–Kier alpha value is -4.12. The highest BCUT2D eigenvalue weighted by atomic mass is 16.3. The van der Waals surface area contributed by atoms with Crippen LogP contribution in [0.25, 0.3) is 33.6 Å². The summed E-state index contributed by atoms with van der Waals surface area (Å²) < 4.78 is 8.40. The molecule has 0 amide bonds. The number of hydrogen-bond donors (Lipinski definition) is 1. The molecular weight excluding hydrogens is 422 g/mol. The van der Waals surface area contributed by atoms with Crippen molar-refractivity contribution in [3.8, 4) is 22.6 Å². The van der Waals surface area contributed by atoms with E-state index in [2.05, 4.69) is 29.4 Å². The maximum Gasteiger partial charge on any atom is 0.196 e. The van der Waals surface area contributed by atoms with E-state index < -0.39 is 0 Å². The van der Waals surface area contributed by atoms with Gasteiger partial charge in [-0.15, -0.1) is 0 Å². The van der Waals surface area contributed by atoms with Gasteiger partial charge in [-0.3, -0.25) is 4.79 Å². The summed E-state index contributed by atoms with van der Waals surface area (Å²) >= 11 is 0. The summed E-state index contributed by atoms with van der Waals surface area (Å²) in [5, 5.41) is 4.25. The van der Waals surface area contributed by atoms with Crippen molar-refractivity contribution in [3.05, 3.63) is 106 Å². The lowest BCUT2D eigenvalue weighted by atomic mass is 9.98. The number of imidazole rings is 1. The molecule has 0 radical (unpaired) electrons. The van der Waals surface area contributed by atoms with Gasteiger partial charge in [0.25, 0.3) is 0 Å². The molecule has 1 unspecified atom stereocenters. The summed E-state index contributed by atoms with van der Waals surface area (Å²) in [7, 11) is 1.96. The van der Waals surface area contributed by atoms with E-state index in [1.54, 1.807) is 6.33 Å². The Bertz CT molecular complexity index is 1550.